The fourth-order valence-electron chi connectivity index (χ4n) is 3.89. The van der Waals surface area contributed by atoms with E-state index >= 15 is 0 Å². The Bertz CT molecular complexity index is 1030. The highest BCUT2D eigenvalue weighted by Gasteiger charge is 2.49. The van der Waals surface area contributed by atoms with Crippen molar-refractivity contribution in [2.75, 3.05) is 6.61 Å². The summed E-state index contributed by atoms with van der Waals surface area (Å²) in [4.78, 5) is 13.3. The standard InChI is InChI=1S/C21H22O12/c22-6-13-15(27)17(29)18(30)21(32-13)33-20-16(28)14-11(26)4-10(25)5-12(14)31-19(20)7-1-8(23)3-9(24)2-7/h1-5,13,15,17-27,29-30H,6H2/t13-,15-,17-,18+,19+,20+,21-/m1/s1. The largest absolute Gasteiger partial charge is 0.508 e. The van der Waals surface area contributed by atoms with Gasteiger partial charge in [-0.25, -0.2) is 0 Å². The van der Waals surface area contributed by atoms with Crippen molar-refractivity contribution in [3.05, 3.63) is 41.5 Å². The van der Waals surface area contributed by atoms with Gasteiger partial charge in [-0.15, -0.1) is 0 Å². The molecular formula is C21H22O12. The van der Waals surface area contributed by atoms with Gasteiger partial charge in [-0.3, -0.25) is 4.79 Å². The lowest BCUT2D eigenvalue weighted by molar-refractivity contribution is -0.311. The molecule has 2 heterocycles. The number of aliphatic hydroxyl groups excluding tert-OH is 4. The van der Waals surface area contributed by atoms with Crippen LogP contribution >= 0.6 is 0 Å². The summed E-state index contributed by atoms with van der Waals surface area (Å²) in [6.45, 7) is -0.729. The van der Waals surface area contributed by atoms with Crippen LogP contribution in [0.15, 0.2) is 30.3 Å². The van der Waals surface area contributed by atoms with Gasteiger partial charge in [0.05, 0.1) is 6.61 Å². The fraction of sp³-hybridized carbons (Fsp3) is 0.381. The Balaban J connectivity index is 1.76. The molecule has 0 aromatic heterocycles. The number of benzene rings is 2. The third-order valence-electron chi connectivity index (χ3n) is 5.48. The van der Waals surface area contributed by atoms with Crippen LogP contribution in [0.5, 0.6) is 28.7 Å². The molecule has 4 rings (SSSR count). The second-order valence-corrected chi connectivity index (χ2v) is 7.78. The molecule has 0 saturated carbocycles. The first kappa shape index (κ1) is 23.0. The average molecular weight is 466 g/mol. The lowest BCUT2D eigenvalue weighted by Crippen LogP contribution is -2.60. The van der Waals surface area contributed by atoms with Crippen molar-refractivity contribution in [3.8, 4) is 28.7 Å². The van der Waals surface area contributed by atoms with E-state index < -0.39 is 66.8 Å². The first-order valence-corrected chi connectivity index (χ1v) is 9.86. The predicted octanol–water partition coefficient (Wildman–Crippen LogP) is -0.990. The number of hydrogen-bond donors (Lipinski definition) is 8. The summed E-state index contributed by atoms with van der Waals surface area (Å²) < 4.78 is 16.7. The summed E-state index contributed by atoms with van der Waals surface area (Å²) >= 11 is 0. The van der Waals surface area contributed by atoms with Gasteiger partial charge in [0.15, 0.2) is 18.5 Å². The number of fused-ring (bicyclic) bond motifs is 1. The van der Waals surface area contributed by atoms with Crippen molar-refractivity contribution in [1.29, 1.82) is 0 Å². The van der Waals surface area contributed by atoms with Gasteiger partial charge < -0.3 is 55.1 Å². The molecule has 0 aliphatic carbocycles. The molecule has 0 spiro atoms. The molecule has 0 radical (unpaired) electrons. The van der Waals surface area contributed by atoms with Crippen molar-refractivity contribution < 1.29 is 59.9 Å². The number of aromatic hydroxyl groups is 4. The van der Waals surface area contributed by atoms with E-state index in [4.69, 9.17) is 14.2 Å². The normalized spacial score (nSPS) is 31.6. The highest BCUT2D eigenvalue weighted by atomic mass is 16.7. The van der Waals surface area contributed by atoms with Crippen molar-refractivity contribution in [1.82, 2.24) is 0 Å². The Hall–Kier alpha value is -3.13. The number of ketones is 1. The van der Waals surface area contributed by atoms with E-state index in [0.29, 0.717) is 0 Å². The van der Waals surface area contributed by atoms with E-state index in [9.17, 15) is 45.6 Å². The Labute approximate surface area is 186 Å². The van der Waals surface area contributed by atoms with Gasteiger partial charge in [0, 0.05) is 23.8 Å². The molecule has 2 aliphatic heterocycles. The predicted molar refractivity (Wildman–Crippen MR) is 106 cm³/mol. The number of carbonyl (C=O) groups is 1. The van der Waals surface area contributed by atoms with E-state index in [0.717, 1.165) is 18.2 Å². The monoisotopic (exact) mass is 466 g/mol. The second kappa shape index (κ2) is 8.67. The zero-order chi connectivity index (χ0) is 24.0. The molecule has 0 bridgehead atoms. The molecule has 2 aromatic carbocycles. The zero-order valence-corrected chi connectivity index (χ0v) is 16.8. The molecule has 8 N–H and O–H groups in total. The maximum Gasteiger partial charge on any atom is 0.203 e. The number of rotatable bonds is 4. The van der Waals surface area contributed by atoms with Crippen LogP contribution < -0.4 is 4.74 Å². The molecular weight excluding hydrogens is 444 g/mol. The number of phenolic OH excluding ortho intramolecular Hbond substituents is 4. The van der Waals surface area contributed by atoms with E-state index in [-0.39, 0.29) is 28.4 Å². The van der Waals surface area contributed by atoms with Crippen molar-refractivity contribution in [2.45, 2.75) is 42.9 Å². The van der Waals surface area contributed by atoms with Crippen LogP contribution in [0, 0.1) is 0 Å². The Kier molecular flexibility index (Phi) is 6.05. The third kappa shape index (κ3) is 4.15. The number of Topliss-reactive ketones (excluding diaryl/α,β-unsaturated/α-hetero) is 1. The Morgan fingerprint density at radius 2 is 1.48 bits per heavy atom. The molecule has 178 valence electrons. The third-order valence-corrected chi connectivity index (χ3v) is 5.48. The summed E-state index contributed by atoms with van der Waals surface area (Å²) in [5.41, 5.74) is -0.285. The lowest BCUT2D eigenvalue weighted by Gasteiger charge is -2.42. The van der Waals surface area contributed by atoms with Gasteiger partial charge in [-0.1, -0.05) is 0 Å². The topological polar surface area (TPSA) is 207 Å². The number of ether oxygens (including phenoxy) is 3. The number of phenols is 4. The lowest BCUT2D eigenvalue weighted by atomic mass is 9.92. The van der Waals surface area contributed by atoms with E-state index in [2.05, 4.69) is 0 Å². The molecule has 0 unspecified atom stereocenters. The van der Waals surface area contributed by atoms with Crippen LogP contribution in [-0.2, 0) is 9.47 Å². The Morgan fingerprint density at radius 3 is 2.12 bits per heavy atom. The maximum absolute atomic E-state index is 13.3. The zero-order valence-electron chi connectivity index (χ0n) is 16.8. The molecule has 2 aromatic rings. The van der Waals surface area contributed by atoms with Crippen LogP contribution in [0.3, 0.4) is 0 Å². The minimum Gasteiger partial charge on any atom is -0.508 e. The summed E-state index contributed by atoms with van der Waals surface area (Å²) in [6.07, 6.45) is -11.3. The molecule has 0 amide bonds. The minimum atomic E-state index is -1.83. The van der Waals surface area contributed by atoms with Gasteiger partial charge in [0.25, 0.3) is 0 Å². The van der Waals surface area contributed by atoms with Gasteiger partial charge in [-0.2, -0.15) is 0 Å². The Morgan fingerprint density at radius 1 is 0.848 bits per heavy atom. The minimum absolute atomic E-state index is 0.0592. The van der Waals surface area contributed by atoms with E-state index in [1.54, 1.807) is 0 Å². The summed E-state index contributed by atoms with van der Waals surface area (Å²) in [7, 11) is 0. The van der Waals surface area contributed by atoms with Crippen LogP contribution in [0.25, 0.3) is 0 Å². The number of carbonyl (C=O) groups excluding carboxylic acids is 1. The quantitative estimate of drug-likeness (QED) is 0.273. The van der Waals surface area contributed by atoms with Gasteiger partial charge >= 0.3 is 0 Å². The van der Waals surface area contributed by atoms with Crippen molar-refractivity contribution >= 4 is 5.78 Å². The van der Waals surface area contributed by atoms with Gasteiger partial charge in [0.2, 0.25) is 5.78 Å². The molecule has 12 nitrogen and oxygen atoms in total. The summed E-state index contributed by atoms with van der Waals surface area (Å²) in [6, 6.07) is 5.37. The molecule has 12 heteroatoms. The average Bonchev–Trinajstić information content (AvgIpc) is 2.74. The molecule has 33 heavy (non-hydrogen) atoms. The summed E-state index contributed by atoms with van der Waals surface area (Å²) in [5.74, 6) is -2.81. The SMILES string of the molecule is O=C1c2c(O)cc(O)cc2O[C@@H](c2cc(O)cc(O)c2)[C@H]1O[C@H]1O[C@H](CO)[C@@H](O)[C@@H](O)[C@@H]1O. The molecule has 2 aliphatic rings. The van der Waals surface area contributed by atoms with E-state index in [1.165, 1.54) is 12.1 Å². The maximum atomic E-state index is 13.3. The number of hydrogen-bond acceptors (Lipinski definition) is 12. The molecule has 7 atom stereocenters. The van der Waals surface area contributed by atoms with Crippen LogP contribution in [0.4, 0.5) is 0 Å². The first-order chi connectivity index (χ1) is 15.6. The van der Waals surface area contributed by atoms with Crippen LogP contribution in [-0.4, -0.2) is 90.1 Å². The van der Waals surface area contributed by atoms with Crippen molar-refractivity contribution in [3.63, 3.8) is 0 Å². The first-order valence-electron chi connectivity index (χ1n) is 9.86. The van der Waals surface area contributed by atoms with Crippen LogP contribution in [0.1, 0.15) is 22.0 Å². The second-order valence-electron chi connectivity index (χ2n) is 7.78. The highest BCUT2D eigenvalue weighted by Crippen LogP contribution is 2.44. The molecule has 1 saturated heterocycles. The molecule has 1 fully saturated rings. The van der Waals surface area contributed by atoms with Gasteiger partial charge in [-0.05, 0) is 12.1 Å². The van der Waals surface area contributed by atoms with Gasteiger partial charge in [0.1, 0.15) is 58.7 Å². The number of aliphatic hydroxyl groups is 4. The van der Waals surface area contributed by atoms with Crippen molar-refractivity contribution in [2.24, 2.45) is 0 Å². The van der Waals surface area contributed by atoms with Crippen LogP contribution in [0.2, 0.25) is 0 Å². The summed E-state index contributed by atoms with van der Waals surface area (Å²) in [5, 5.41) is 79.4. The highest BCUT2D eigenvalue weighted by molar-refractivity contribution is 6.05. The van der Waals surface area contributed by atoms with E-state index in [1.807, 2.05) is 0 Å². The fourth-order valence-corrected chi connectivity index (χ4v) is 3.89. The smallest absolute Gasteiger partial charge is 0.203 e.